The minimum Gasteiger partial charge on any atom is -0.381 e. The quantitative estimate of drug-likeness (QED) is 0.730. The number of ether oxygens (including phenoxy) is 1. The smallest absolute Gasteiger partial charge is 0.0483 e. The zero-order valence-corrected chi connectivity index (χ0v) is 11.1. The molecule has 0 aromatic heterocycles. The molecule has 1 heterocycles. The molecule has 0 bridgehead atoms. The molecule has 3 N–H and O–H groups in total. The van der Waals surface area contributed by atoms with Gasteiger partial charge in [-0.1, -0.05) is 13.8 Å². The number of nitrogens with two attached hydrogens (primary N) is 1. The maximum absolute atomic E-state index is 5.92. The molecule has 0 radical (unpaired) electrons. The summed E-state index contributed by atoms with van der Waals surface area (Å²) in [5, 5.41) is 3.73. The molecule has 0 aliphatic carbocycles. The third-order valence-corrected chi connectivity index (χ3v) is 4.42. The van der Waals surface area contributed by atoms with E-state index in [0.717, 1.165) is 52.0 Å². The third-order valence-electron chi connectivity index (χ3n) is 4.42. The van der Waals surface area contributed by atoms with Crippen molar-refractivity contribution in [3.8, 4) is 0 Å². The van der Waals surface area contributed by atoms with Crippen molar-refractivity contribution in [1.82, 2.24) is 5.32 Å². The zero-order chi connectivity index (χ0) is 12.1. The summed E-state index contributed by atoms with van der Waals surface area (Å²) in [4.78, 5) is 0. The van der Waals surface area contributed by atoms with Crippen LogP contribution in [0.1, 0.15) is 46.5 Å². The summed E-state index contributed by atoms with van der Waals surface area (Å²) >= 11 is 0. The molecule has 0 spiro atoms. The summed E-state index contributed by atoms with van der Waals surface area (Å²) in [6.07, 6.45) is 4.53. The average molecular weight is 228 g/mol. The second-order valence-electron chi connectivity index (χ2n) is 5.44. The first-order valence-corrected chi connectivity index (χ1v) is 6.62. The van der Waals surface area contributed by atoms with Crippen LogP contribution in [0.3, 0.4) is 0 Å². The molecule has 96 valence electrons. The van der Waals surface area contributed by atoms with Gasteiger partial charge >= 0.3 is 0 Å². The van der Waals surface area contributed by atoms with E-state index >= 15 is 0 Å². The van der Waals surface area contributed by atoms with E-state index < -0.39 is 0 Å². The highest BCUT2D eigenvalue weighted by molar-refractivity contribution is 4.89. The Bertz CT molecular complexity index is 188. The molecule has 0 unspecified atom stereocenters. The Morgan fingerprint density at radius 3 is 2.25 bits per heavy atom. The first-order valence-electron chi connectivity index (χ1n) is 6.62. The Morgan fingerprint density at radius 2 is 1.81 bits per heavy atom. The van der Waals surface area contributed by atoms with Crippen LogP contribution in [0.2, 0.25) is 0 Å². The Kier molecular flexibility index (Phi) is 5.22. The molecule has 0 aromatic carbocycles. The molecule has 3 heteroatoms. The van der Waals surface area contributed by atoms with Gasteiger partial charge in [-0.25, -0.2) is 0 Å². The molecule has 1 aliphatic rings. The van der Waals surface area contributed by atoms with Gasteiger partial charge in [0, 0.05) is 25.3 Å². The maximum atomic E-state index is 5.92. The van der Waals surface area contributed by atoms with Crippen LogP contribution in [0.25, 0.3) is 0 Å². The van der Waals surface area contributed by atoms with E-state index in [4.69, 9.17) is 10.5 Å². The van der Waals surface area contributed by atoms with Crippen molar-refractivity contribution in [3.63, 3.8) is 0 Å². The van der Waals surface area contributed by atoms with Gasteiger partial charge in [0.1, 0.15) is 0 Å². The van der Waals surface area contributed by atoms with Crippen molar-refractivity contribution in [2.45, 2.75) is 52.0 Å². The van der Waals surface area contributed by atoms with Gasteiger partial charge in [-0.15, -0.1) is 0 Å². The van der Waals surface area contributed by atoms with Gasteiger partial charge in [0.25, 0.3) is 0 Å². The van der Waals surface area contributed by atoms with E-state index in [1.165, 1.54) is 0 Å². The van der Waals surface area contributed by atoms with Gasteiger partial charge in [-0.3, -0.25) is 0 Å². The van der Waals surface area contributed by atoms with Crippen LogP contribution in [0.15, 0.2) is 0 Å². The summed E-state index contributed by atoms with van der Waals surface area (Å²) in [6, 6.07) is 0. The monoisotopic (exact) mass is 228 g/mol. The largest absolute Gasteiger partial charge is 0.381 e. The molecule has 16 heavy (non-hydrogen) atoms. The molecule has 1 saturated heterocycles. The minimum atomic E-state index is 0.253. The van der Waals surface area contributed by atoms with Gasteiger partial charge in [-0.2, -0.15) is 0 Å². The van der Waals surface area contributed by atoms with Gasteiger partial charge in [0.2, 0.25) is 0 Å². The molecule has 1 fully saturated rings. The lowest BCUT2D eigenvalue weighted by Gasteiger charge is -2.39. The molecule has 1 rings (SSSR count). The summed E-state index contributed by atoms with van der Waals surface area (Å²) in [6.45, 7) is 10.4. The highest BCUT2D eigenvalue weighted by Crippen LogP contribution is 2.27. The van der Waals surface area contributed by atoms with Crippen molar-refractivity contribution in [2.75, 3.05) is 26.3 Å². The second-order valence-corrected chi connectivity index (χ2v) is 5.44. The van der Waals surface area contributed by atoms with Crippen molar-refractivity contribution >= 4 is 0 Å². The Morgan fingerprint density at radius 1 is 1.25 bits per heavy atom. The van der Waals surface area contributed by atoms with Gasteiger partial charge < -0.3 is 15.8 Å². The van der Waals surface area contributed by atoms with E-state index in [9.17, 15) is 0 Å². The fraction of sp³-hybridized carbons (Fsp3) is 1.00. The lowest BCUT2D eigenvalue weighted by molar-refractivity contribution is 0.0396. The van der Waals surface area contributed by atoms with E-state index in [1.807, 2.05) is 0 Å². The second kappa shape index (κ2) is 5.99. The van der Waals surface area contributed by atoms with Crippen LogP contribution in [0, 0.1) is 5.41 Å². The maximum Gasteiger partial charge on any atom is 0.0483 e. The van der Waals surface area contributed by atoms with Crippen LogP contribution in [0.4, 0.5) is 0 Å². The fourth-order valence-electron chi connectivity index (χ4n) is 2.26. The molecule has 0 aromatic rings. The minimum absolute atomic E-state index is 0.253. The summed E-state index contributed by atoms with van der Waals surface area (Å²) in [5.74, 6) is 0. The van der Waals surface area contributed by atoms with Gasteiger partial charge in [-0.05, 0) is 44.6 Å². The van der Waals surface area contributed by atoms with Crippen LogP contribution in [-0.4, -0.2) is 31.8 Å². The van der Waals surface area contributed by atoms with Gasteiger partial charge in [0.15, 0.2) is 0 Å². The number of rotatable bonds is 6. The first-order chi connectivity index (χ1) is 7.60. The van der Waals surface area contributed by atoms with Crippen molar-refractivity contribution in [1.29, 1.82) is 0 Å². The lowest BCUT2D eigenvalue weighted by atomic mass is 9.81. The average Bonchev–Trinajstić information content (AvgIpc) is 2.33. The molecule has 3 nitrogen and oxygen atoms in total. The Labute approximate surface area is 100 Å². The van der Waals surface area contributed by atoms with Crippen LogP contribution in [-0.2, 0) is 4.74 Å². The molecule has 0 saturated carbocycles. The predicted octanol–water partition coefficient (Wildman–Crippen LogP) is 1.91. The molecule has 0 atom stereocenters. The topological polar surface area (TPSA) is 47.3 Å². The summed E-state index contributed by atoms with van der Waals surface area (Å²) < 4.78 is 5.41. The summed E-state index contributed by atoms with van der Waals surface area (Å²) in [5.41, 5.74) is 6.45. The van der Waals surface area contributed by atoms with Crippen molar-refractivity contribution in [3.05, 3.63) is 0 Å². The first kappa shape index (κ1) is 13.9. The fourth-order valence-corrected chi connectivity index (χ4v) is 2.26. The normalized spacial score (nSPS) is 21.0. The molecular weight excluding hydrogens is 200 g/mol. The van der Waals surface area contributed by atoms with E-state index in [-0.39, 0.29) is 11.0 Å². The number of hydrogen-bond donors (Lipinski definition) is 2. The highest BCUT2D eigenvalue weighted by atomic mass is 16.5. The molecular formula is C13H28N2O. The highest BCUT2D eigenvalue weighted by Gasteiger charge is 2.31. The van der Waals surface area contributed by atoms with E-state index in [0.29, 0.717) is 0 Å². The van der Waals surface area contributed by atoms with Crippen molar-refractivity contribution in [2.24, 2.45) is 11.1 Å². The van der Waals surface area contributed by atoms with Gasteiger partial charge in [0.05, 0.1) is 0 Å². The number of nitrogens with one attached hydrogen (secondary N) is 1. The summed E-state index contributed by atoms with van der Waals surface area (Å²) in [7, 11) is 0. The SMILES string of the molecule is CCC(CC)(CN)CNC1(C)CCOCC1. The number of hydrogen-bond acceptors (Lipinski definition) is 3. The Balaban J connectivity index is 2.47. The zero-order valence-electron chi connectivity index (χ0n) is 11.1. The molecule has 0 amide bonds. The lowest BCUT2D eigenvalue weighted by Crippen LogP contribution is -2.52. The van der Waals surface area contributed by atoms with Crippen LogP contribution in [0.5, 0.6) is 0 Å². The van der Waals surface area contributed by atoms with E-state index in [2.05, 4.69) is 26.1 Å². The van der Waals surface area contributed by atoms with Crippen LogP contribution >= 0.6 is 0 Å². The van der Waals surface area contributed by atoms with E-state index in [1.54, 1.807) is 0 Å². The Hall–Kier alpha value is -0.120. The standard InChI is InChI=1S/C13H28N2O/c1-4-13(5-2,10-14)11-15-12(3)6-8-16-9-7-12/h15H,4-11,14H2,1-3H3. The predicted molar refractivity (Wildman–Crippen MR) is 68.5 cm³/mol. The van der Waals surface area contributed by atoms with Crippen molar-refractivity contribution < 1.29 is 4.74 Å². The van der Waals surface area contributed by atoms with Crippen LogP contribution < -0.4 is 11.1 Å². The molecule has 1 aliphatic heterocycles. The third kappa shape index (κ3) is 3.44.